The van der Waals surface area contributed by atoms with Crippen LogP contribution in [0.25, 0.3) is 0 Å². The second-order valence-electron chi connectivity index (χ2n) is 4.16. The van der Waals surface area contributed by atoms with E-state index in [9.17, 15) is 8.42 Å². The van der Waals surface area contributed by atoms with E-state index in [0.717, 1.165) is 0 Å². The summed E-state index contributed by atoms with van der Waals surface area (Å²) >= 11 is 11.6. The highest BCUT2D eigenvalue weighted by molar-refractivity contribution is 7.89. The number of ether oxygens (including phenoxy) is 1. The topological polar surface area (TPSA) is 55.4 Å². The molecule has 0 amide bonds. The molecule has 0 radical (unpaired) electrons. The number of para-hydroxylation sites is 1. The Labute approximate surface area is 133 Å². The van der Waals surface area contributed by atoms with Crippen molar-refractivity contribution in [3.63, 3.8) is 0 Å². The van der Waals surface area contributed by atoms with Crippen LogP contribution in [0.4, 0.5) is 0 Å². The number of hydrogen-bond donors (Lipinski definition) is 1. The Balaban J connectivity index is 1.92. The lowest BCUT2D eigenvalue weighted by atomic mass is 10.3. The fourth-order valence-electron chi connectivity index (χ4n) is 1.63. The van der Waals surface area contributed by atoms with E-state index in [2.05, 4.69) is 4.72 Å². The van der Waals surface area contributed by atoms with Crippen LogP contribution < -0.4 is 9.46 Å². The number of hydrogen-bond acceptors (Lipinski definition) is 3. The first-order chi connectivity index (χ1) is 9.97. The van der Waals surface area contributed by atoms with Gasteiger partial charge in [-0.1, -0.05) is 41.4 Å². The number of benzene rings is 2. The second-order valence-corrected chi connectivity index (χ2v) is 6.80. The van der Waals surface area contributed by atoms with Crippen LogP contribution in [0.3, 0.4) is 0 Å². The predicted molar refractivity (Wildman–Crippen MR) is 83.6 cm³/mol. The lowest BCUT2D eigenvalue weighted by molar-refractivity contribution is 0.323. The maximum atomic E-state index is 12.1. The molecule has 0 aliphatic heterocycles. The lowest BCUT2D eigenvalue weighted by Crippen LogP contribution is -2.28. The van der Waals surface area contributed by atoms with E-state index < -0.39 is 10.0 Å². The maximum absolute atomic E-state index is 12.1. The van der Waals surface area contributed by atoms with Gasteiger partial charge in [0.1, 0.15) is 12.4 Å². The van der Waals surface area contributed by atoms with Crippen molar-refractivity contribution in [2.24, 2.45) is 0 Å². The SMILES string of the molecule is O=S(=O)(NCCOc1ccccc1)c1cc(Cl)cc(Cl)c1. The zero-order valence-corrected chi connectivity index (χ0v) is 13.3. The van der Waals surface area contributed by atoms with Gasteiger partial charge in [-0.3, -0.25) is 0 Å². The molecule has 0 unspecified atom stereocenters. The maximum Gasteiger partial charge on any atom is 0.240 e. The first-order valence-electron chi connectivity index (χ1n) is 6.11. The molecule has 21 heavy (non-hydrogen) atoms. The minimum Gasteiger partial charge on any atom is -0.492 e. The third kappa shape index (κ3) is 4.89. The van der Waals surface area contributed by atoms with Gasteiger partial charge >= 0.3 is 0 Å². The smallest absolute Gasteiger partial charge is 0.240 e. The van der Waals surface area contributed by atoms with Gasteiger partial charge in [0.15, 0.2) is 0 Å². The summed E-state index contributed by atoms with van der Waals surface area (Å²) in [7, 11) is -3.66. The summed E-state index contributed by atoms with van der Waals surface area (Å²) < 4.78 is 32.0. The molecular formula is C14H13Cl2NO3S. The van der Waals surface area contributed by atoms with E-state index in [1.54, 1.807) is 12.1 Å². The summed E-state index contributed by atoms with van der Waals surface area (Å²) in [5, 5.41) is 0.534. The van der Waals surface area contributed by atoms with E-state index in [1.165, 1.54) is 18.2 Å². The van der Waals surface area contributed by atoms with Crippen molar-refractivity contribution in [1.82, 2.24) is 4.72 Å². The van der Waals surface area contributed by atoms with Gasteiger partial charge in [-0.25, -0.2) is 13.1 Å². The predicted octanol–water partition coefficient (Wildman–Crippen LogP) is 3.35. The quantitative estimate of drug-likeness (QED) is 0.816. The fourth-order valence-corrected chi connectivity index (χ4v) is 3.37. The monoisotopic (exact) mass is 345 g/mol. The molecule has 2 rings (SSSR count). The third-order valence-corrected chi connectivity index (χ3v) is 4.43. The van der Waals surface area contributed by atoms with Gasteiger partial charge in [-0.2, -0.15) is 0 Å². The zero-order chi connectivity index (χ0) is 15.3. The van der Waals surface area contributed by atoms with Gasteiger partial charge in [-0.15, -0.1) is 0 Å². The van der Waals surface area contributed by atoms with E-state index in [-0.39, 0.29) is 28.1 Å². The highest BCUT2D eigenvalue weighted by Gasteiger charge is 2.14. The number of rotatable bonds is 6. The Bertz CT molecular complexity index is 685. The molecule has 0 aliphatic carbocycles. The average Bonchev–Trinajstić information content (AvgIpc) is 2.44. The summed E-state index contributed by atoms with van der Waals surface area (Å²) in [4.78, 5) is 0.0275. The van der Waals surface area contributed by atoms with Crippen molar-refractivity contribution in [2.75, 3.05) is 13.2 Å². The molecular weight excluding hydrogens is 333 g/mol. The van der Waals surface area contributed by atoms with Gasteiger partial charge in [0.25, 0.3) is 0 Å². The van der Waals surface area contributed by atoms with Gasteiger partial charge in [0.2, 0.25) is 10.0 Å². The molecule has 4 nitrogen and oxygen atoms in total. The third-order valence-electron chi connectivity index (χ3n) is 2.55. The van der Waals surface area contributed by atoms with Crippen molar-refractivity contribution in [2.45, 2.75) is 4.90 Å². The molecule has 0 saturated heterocycles. The Morgan fingerprint density at radius 2 is 1.62 bits per heavy atom. The lowest BCUT2D eigenvalue weighted by Gasteiger charge is -2.09. The molecule has 112 valence electrons. The summed E-state index contributed by atoms with van der Waals surface area (Å²) in [5.74, 6) is 0.683. The molecule has 0 spiro atoms. The first kappa shape index (κ1) is 16.1. The van der Waals surface area contributed by atoms with E-state index in [0.29, 0.717) is 5.75 Å². The average molecular weight is 346 g/mol. The molecule has 1 N–H and O–H groups in total. The van der Waals surface area contributed by atoms with E-state index in [4.69, 9.17) is 27.9 Å². The Kier molecular flexibility index (Phi) is 5.47. The van der Waals surface area contributed by atoms with Gasteiger partial charge in [0, 0.05) is 16.6 Å². The molecule has 0 aromatic heterocycles. The number of nitrogens with one attached hydrogen (secondary N) is 1. The molecule has 0 fully saturated rings. The van der Waals surface area contributed by atoms with Crippen molar-refractivity contribution >= 4 is 33.2 Å². The van der Waals surface area contributed by atoms with Crippen LogP contribution in [0, 0.1) is 0 Å². The Morgan fingerprint density at radius 3 is 2.24 bits per heavy atom. The van der Waals surface area contributed by atoms with Crippen LogP contribution in [0.1, 0.15) is 0 Å². The molecule has 2 aromatic rings. The fraction of sp³-hybridized carbons (Fsp3) is 0.143. The minimum atomic E-state index is -3.66. The highest BCUT2D eigenvalue weighted by Crippen LogP contribution is 2.22. The molecule has 0 aliphatic rings. The zero-order valence-electron chi connectivity index (χ0n) is 10.9. The van der Waals surface area contributed by atoms with E-state index >= 15 is 0 Å². The molecule has 2 aromatic carbocycles. The standard InChI is InChI=1S/C14H13Cl2NO3S/c15-11-8-12(16)10-14(9-11)21(18,19)17-6-7-20-13-4-2-1-3-5-13/h1-5,8-10,17H,6-7H2. The summed E-state index contributed by atoms with van der Waals surface area (Å²) in [5.41, 5.74) is 0. The van der Waals surface area contributed by atoms with Crippen LogP contribution in [0.5, 0.6) is 5.75 Å². The molecule has 0 heterocycles. The number of halogens is 2. The van der Waals surface area contributed by atoms with Crippen LogP contribution >= 0.6 is 23.2 Å². The van der Waals surface area contributed by atoms with E-state index in [1.807, 2.05) is 18.2 Å². The molecule has 7 heteroatoms. The van der Waals surface area contributed by atoms with Crippen LogP contribution in [0.2, 0.25) is 10.0 Å². The van der Waals surface area contributed by atoms with Gasteiger partial charge in [-0.05, 0) is 30.3 Å². The van der Waals surface area contributed by atoms with Gasteiger partial charge in [0.05, 0.1) is 4.90 Å². The largest absolute Gasteiger partial charge is 0.492 e. The Hall–Kier alpha value is -1.27. The molecule has 0 bridgehead atoms. The van der Waals surface area contributed by atoms with Crippen LogP contribution in [0.15, 0.2) is 53.4 Å². The molecule has 0 atom stereocenters. The molecule has 0 saturated carbocycles. The number of sulfonamides is 1. The summed E-state index contributed by atoms with van der Waals surface area (Å²) in [6.45, 7) is 0.360. The van der Waals surface area contributed by atoms with Crippen molar-refractivity contribution in [1.29, 1.82) is 0 Å². The first-order valence-corrected chi connectivity index (χ1v) is 8.35. The van der Waals surface area contributed by atoms with Gasteiger partial charge < -0.3 is 4.74 Å². The Morgan fingerprint density at radius 1 is 1.00 bits per heavy atom. The van der Waals surface area contributed by atoms with Crippen LogP contribution in [-0.4, -0.2) is 21.6 Å². The van der Waals surface area contributed by atoms with Crippen molar-refractivity contribution in [3.05, 3.63) is 58.6 Å². The minimum absolute atomic E-state index is 0.0275. The normalized spacial score (nSPS) is 11.3. The van der Waals surface area contributed by atoms with Crippen molar-refractivity contribution < 1.29 is 13.2 Å². The summed E-state index contributed by atoms with van der Waals surface area (Å²) in [6.07, 6.45) is 0. The summed E-state index contributed by atoms with van der Waals surface area (Å²) in [6, 6.07) is 13.3. The highest BCUT2D eigenvalue weighted by atomic mass is 35.5. The second kappa shape index (κ2) is 7.13. The van der Waals surface area contributed by atoms with Crippen LogP contribution in [-0.2, 0) is 10.0 Å². The van der Waals surface area contributed by atoms with Crippen molar-refractivity contribution in [3.8, 4) is 5.75 Å².